The van der Waals surface area contributed by atoms with Gasteiger partial charge in [-0.15, -0.1) is 0 Å². The lowest BCUT2D eigenvalue weighted by Gasteiger charge is -2.24. The summed E-state index contributed by atoms with van der Waals surface area (Å²) >= 11 is 0. The van der Waals surface area contributed by atoms with Crippen molar-refractivity contribution in [3.8, 4) is 46.0 Å². The Kier molecular flexibility index (Phi) is 10.8. The predicted octanol–water partition coefficient (Wildman–Crippen LogP) is 9.43. The van der Waals surface area contributed by atoms with E-state index in [0.29, 0.717) is 28.2 Å². The van der Waals surface area contributed by atoms with Crippen molar-refractivity contribution in [2.45, 2.75) is 49.9 Å². The summed E-state index contributed by atoms with van der Waals surface area (Å²) < 4.78 is 0. The van der Waals surface area contributed by atoms with E-state index in [1.54, 1.807) is 24.3 Å². The Morgan fingerprint density at radius 1 is 0.365 bits per heavy atom. The van der Waals surface area contributed by atoms with Crippen LogP contribution in [0.15, 0.2) is 127 Å². The molecule has 0 heterocycles. The summed E-state index contributed by atoms with van der Waals surface area (Å²) in [6, 6.07) is 35.5. The maximum atomic E-state index is 10.5. The van der Waals surface area contributed by atoms with Crippen molar-refractivity contribution in [1.29, 1.82) is 0 Å². The number of hydrogen-bond donors (Lipinski definition) is 8. The van der Waals surface area contributed by atoms with Crippen molar-refractivity contribution in [2.75, 3.05) is 0 Å². The van der Waals surface area contributed by atoms with Crippen LogP contribution in [0.25, 0.3) is 0 Å². The molecule has 1 fully saturated rings. The topological polar surface area (TPSA) is 162 Å². The van der Waals surface area contributed by atoms with Crippen LogP contribution in [0.5, 0.6) is 46.0 Å². The van der Waals surface area contributed by atoms with E-state index in [2.05, 4.69) is 12.1 Å². The van der Waals surface area contributed by atoms with Gasteiger partial charge in [0.05, 0.1) is 0 Å². The van der Waals surface area contributed by atoms with E-state index in [4.69, 9.17) is 0 Å². The Balaban J connectivity index is 0.000000183. The fraction of sp³-hybridized carbons (Fsp3) is 0.182. The normalized spacial score (nSPS) is 13.1. The first kappa shape index (κ1) is 35.5. The van der Waals surface area contributed by atoms with Gasteiger partial charge in [0.1, 0.15) is 46.0 Å². The number of benzene rings is 6. The second kappa shape index (κ2) is 15.7. The largest absolute Gasteiger partial charge is 0.508 e. The van der Waals surface area contributed by atoms with E-state index >= 15 is 0 Å². The van der Waals surface area contributed by atoms with E-state index < -0.39 is 11.8 Å². The molecule has 8 N–H and O–H groups in total. The molecule has 6 aromatic carbocycles. The van der Waals surface area contributed by atoms with E-state index in [1.165, 1.54) is 86.2 Å². The van der Waals surface area contributed by atoms with Crippen LogP contribution in [0.4, 0.5) is 0 Å². The van der Waals surface area contributed by atoms with E-state index in [0.717, 1.165) is 11.1 Å². The Labute approximate surface area is 302 Å². The monoisotopic (exact) mass is 698 g/mol. The molecule has 1 aliphatic rings. The van der Waals surface area contributed by atoms with Crippen LogP contribution < -0.4 is 0 Å². The van der Waals surface area contributed by atoms with Crippen molar-refractivity contribution >= 4 is 0 Å². The Morgan fingerprint density at radius 3 is 1.06 bits per heavy atom. The number of phenolic OH excluding ortho intramolecular Hbond substituents is 8. The molecule has 266 valence electrons. The van der Waals surface area contributed by atoms with Gasteiger partial charge in [-0.05, 0) is 59.7 Å². The number of rotatable bonds is 7. The van der Waals surface area contributed by atoms with Crippen molar-refractivity contribution in [2.24, 2.45) is 0 Å². The lowest BCUT2D eigenvalue weighted by atomic mass is 9.81. The van der Waals surface area contributed by atoms with E-state index in [9.17, 15) is 40.9 Å². The SMILES string of the molecule is Oc1ccc(C(c2ccc(C3CCCCC3)cc2)c2ccc(O)cc2O)c(O)c1.Oc1ccc(C(c2ccccc2)c2ccc(O)cc2O)c(O)c1. The first-order valence-corrected chi connectivity index (χ1v) is 17.3. The number of phenols is 8. The fourth-order valence-corrected chi connectivity index (χ4v) is 7.20. The summed E-state index contributed by atoms with van der Waals surface area (Å²) in [6.07, 6.45) is 6.31. The molecule has 0 spiro atoms. The fourth-order valence-electron chi connectivity index (χ4n) is 7.20. The predicted molar refractivity (Wildman–Crippen MR) is 200 cm³/mol. The summed E-state index contributed by atoms with van der Waals surface area (Å²) in [5.74, 6) is -0.592. The third kappa shape index (κ3) is 8.02. The van der Waals surface area contributed by atoms with Crippen molar-refractivity contribution in [3.63, 3.8) is 0 Å². The van der Waals surface area contributed by atoms with Crippen LogP contribution in [0.2, 0.25) is 0 Å². The quantitative estimate of drug-likeness (QED) is 0.0765. The lowest BCUT2D eigenvalue weighted by molar-refractivity contribution is 0.438. The van der Waals surface area contributed by atoms with Gasteiger partial charge in [-0.3, -0.25) is 0 Å². The maximum absolute atomic E-state index is 10.5. The number of aromatic hydroxyl groups is 8. The van der Waals surface area contributed by atoms with Gasteiger partial charge in [-0.2, -0.15) is 0 Å². The maximum Gasteiger partial charge on any atom is 0.123 e. The zero-order valence-corrected chi connectivity index (χ0v) is 28.5. The van der Waals surface area contributed by atoms with E-state index in [-0.39, 0.29) is 46.0 Å². The smallest absolute Gasteiger partial charge is 0.123 e. The van der Waals surface area contributed by atoms with Gasteiger partial charge in [-0.25, -0.2) is 0 Å². The third-order valence-electron chi connectivity index (χ3n) is 9.78. The molecular formula is C44H42O8. The molecule has 8 nitrogen and oxygen atoms in total. The summed E-state index contributed by atoms with van der Waals surface area (Å²) in [7, 11) is 0. The molecule has 7 rings (SSSR count). The van der Waals surface area contributed by atoms with Gasteiger partial charge >= 0.3 is 0 Å². The average Bonchev–Trinajstić information content (AvgIpc) is 3.13. The van der Waals surface area contributed by atoms with Crippen LogP contribution in [0.1, 0.15) is 88.8 Å². The minimum atomic E-state index is -0.434. The molecule has 6 aromatic rings. The van der Waals surface area contributed by atoms with Gasteiger partial charge in [0.15, 0.2) is 0 Å². The highest BCUT2D eigenvalue weighted by Gasteiger charge is 2.25. The van der Waals surface area contributed by atoms with Gasteiger partial charge in [0, 0.05) is 58.4 Å². The Morgan fingerprint density at radius 2 is 0.712 bits per heavy atom. The molecule has 0 bridgehead atoms. The zero-order valence-electron chi connectivity index (χ0n) is 28.5. The van der Waals surface area contributed by atoms with Gasteiger partial charge < -0.3 is 40.9 Å². The second-order valence-electron chi connectivity index (χ2n) is 13.3. The van der Waals surface area contributed by atoms with Gasteiger partial charge in [0.2, 0.25) is 0 Å². The minimum absolute atomic E-state index is 0.0208. The van der Waals surface area contributed by atoms with Crippen LogP contribution >= 0.6 is 0 Å². The first-order valence-electron chi connectivity index (χ1n) is 17.3. The van der Waals surface area contributed by atoms with Gasteiger partial charge in [-0.1, -0.05) is 98.1 Å². The molecule has 1 aliphatic carbocycles. The first-order chi connectivity index (χ1) is 25.1. The molecule has 0 aromatic heterocycles. The van der Waals surface area contributed by atoms with Crippen LogP contribution in [-0.2, 0) is 0 Å². The molecule has 0 radical (unpaired) electrons. The zero-order chi connectivity index (χ0) is 36.8. The lowest BCUT2D eigenvalue weighted by Crippen LogP contribution is -2.07. The highest BCUT2D eigenvalue weighted by molar-refractivity contribution is 5.57. The van der Waals surface area contributed by atoms with Gasteiger partial charge in [0.25, 0.3) is 0 Å². The van der Waals surface area contributed by atoms with Crippen molar-refractivity contribution < 1.29 is 40.9 Å². The average molecular weight is 699 g/mol. The van der Waals surface area contributed by atoms with E-state index in [1.807, 2.05) is 42.5 Å². The highest BCUT2D eigenvalue weighted by Crippen LogP contribution is 2.44. The molecular weight excluding hydrogens is 656 g/mol. The molecule has 1 saturated carbocycles. The second-order valence-corrected chi connectivity index (χ2v) is 13.3. The molecule has 8 heteroatoms. The molecule has 0 unspecified atom stereocenters. The summed E-state index contributed by atoms with van der Waals surface area (Å²) in [5, 5.41) is 79.9. The summed E-state index contributed by atoms with van der Waals surface area (Å²) in [5.41, 5.74) is 5.38. The van der Waals surface area contributed by atoms with Crippen LogP contribution in [0, 0.1) is 0 Å². The van der Waals surface area contributed by atoms with Crippen LogP contribution in [0.3, 0.4) is 0 Å². The van der Waals surface area contributed by atoms with Crippen LogP contribution in [-0.4, -0.2) is 40.9 Å². The summed E-state index contributed by atoms with van der Waals surface area (Å²) in [6.45, 7) is 0. The molecule has 52 heavy (non-hydrogen) atoms. The Bertz CT molecular complexity index is 2020. The highest BCUT2D eigenvalue weighted by atomic mass is 16.3. The molecule has 0 amide bonds. The molecule has 0 atom stereocenters. The minimum Gasteiger partial charge on any atom is -0.508 e. The van der Waals surface area contributed by atoms with Crippen molar-refractivity contribution in [3.05, 3.63) is 166 Å². The number of hydrogen-bond acceptors (Lipinski definition) is 8. The molecule has 0 saturated heterocycles. The standard InChI is InChI=1S/C25H26O4.C19H16O4/c26-19-10-12-21(23(28)14-19)25(22-13-11-20(27)15-24(22)29)18-8-6-17(7-9-18)16-4-2-1-3-5-16;20-13-6-8-15(17(22)10-13)19(12-4-2-1-3-5-12)16-9-7-14(21)11-18(16)23/h6-16,25-29H,1-5H2;1-11,19-23H. The Hall–Kier alpha value is -6.28. The van der Waals surface area contributed by atoms with Crippen molar-refractivity contribution in [1.82, 2.24) is 0 Å². The summed E-state index contributed by atoms with van der Waals surface area (Å²) in [4.78, 5) is 0. The third-order valence-corrected chi connectivity index (χ3v) is 9.78. The molecule has 0 aliphatic heterocycles.